The van der Waals surface area contributed by atoms with E-state index >= 15 is 0 Å². The minimum atomic E-state index is -4.64. The molecule has 0 aliphatic heterocycles. The third-order valence-electron chi connectivity index (χ3n) is 5.15. The fourth-order valence-electron chi connectivity index (χ4n) is 3.62. The summed E-state index contributed by atoms with van der Waals surface area (Å²) in [7, 11) is 0. The number of aliphatic hydroxyl groups excluding tert-OH is 2. The number of benzene rings is 3. The van der Waals surface area contributed by atoms with Gasteiger partial charge in [0.2, 0.25) is 0 Å². The van der Waals surface area contributed by atoms with Crippen molar-refractivity contribution in [2.24, 2.45) is 5.73 Å². The minimum absolute atomic E-state index is 0.0378. The van der Waals surface area contributed by atoms with E-state index in [0.717, 1.165) is 6.07 Å². The largest absolute Gasteiger partial charge is 0.491 e. The normalized spacial score (nSPS) is 12.6. The first-order valence-electron chi connectivity index (χ1n) is 10.2. The van der Waals surface area contributed by atoms with Crippen LogP contribution in [-0.4, -0.2) is 45.0 Å². The van der Waals surface area contributed by atoms with Gasteiger partial charge >= 0.3 is 6.18 Å². The van der Waals surface area contributed by atoms with Crippen LogP contribution in [0.2, 0.25) is 0 Å². The Morgan fingerprint density at radius 2 is 1.82 bits per heavy atom. The van der Waals surface area contributed by atoms with Crippen molar-refractivity contribution in [2.45, 2.75) is 12.3 Å². The third-order valence-corrected chi connectivity index (χ3v) is 5.15. The van der Waals surface area contributed by atoms with Gasteiger partial charge in [-0.1, -0.05) is 30.3 Å². The molecular formula is C24H20F3N3O4. The van der Waals surface area contributed by atoms with Gasteiger partial charge in [0.15, 0.2) is 0 Å². The number of nitrogens with zero attached hydrogens (tertiary/aromatic N) is 2. The predicted octanol–water partition coefficient (Wildman–Crippen LogP) is 3.54. The number of ether oxygens (including phenoxy) is 1. The maximum Gasteiger partial charge on any atom is 0.417 e. The number of carbonyl (C=O) groups is 1. The molecular weight excluding hydrogens is 451 g/mol. The Kier molecular flexibility index (Phi) is 6.27. The van der Waals surface area contributed by atoms with E-state index in [1.807, 2.05) is 0 Å². The zero-order valence-corrected chi connectivity index (χ0v) is 17.7. The summed E-state index contributed by atoms with van der Waals surface area (Å²) in [6.45, 7) is -0.666. The van der Waals surface area contributed by atoms with Crippen molar-refractivity contribution in [1.29, 1.82) is 0 Å². The Bertz CT molecular complexity index is 1350. The Hall–Kier alpha value is -3.89. The average molecular weight is 471 g/mol. The second-order valence-corrected chi connectivity index (χ2v) is 7.50. The molecule has 0 aliphatic carbocycles. The molecule has 0 spiro atoms. The zero-order chi connectivity index (χ0) is 24.5. The lowest BCUT2D eigenvalue weighted by atomic mass is 10.1. The van der Waals surface area contributed by atoms with Crippen molar-refractivity contribution in [3.63, 3.8) is 0 Å². The monoisotopic (exact) mass is 471 g/mol. The van der Waals surface area contributed by atoms with E-state index in [0.29, 0.717) is 17.0 Å². The highest BCUT2D eigenvalue weighted by molar-refractivity contribution is 6.05. The van der Waals surface area contributed by atoms with Gasteiger partial charge in [0.1, 0.15) is 29.8 Å². The molecule has 4 rings (SSSR count). The van der Waals surface area contributed by atoms with Crippen molar-refractivity contribution in [2.75, 3.05) is 13.2 Å². The van der Waals surface area contributed by atoms with Crippen LogP contribution < -0.4 is 10.5 Å². The van der Waals surface area contributed by atoms with Crippen LogP contribution >= 0.6 is 0 Å². The molecule has 4 N–H and O–H groups in total. The smallest absolute Gasteiger partial charge is 0.417 e. The van der Waals surface area contributed by atoms with Crippen LogP contribution in [0.5, 0.6) is 5.75 Å². The molecule has 7 nitrogen and oxygen atoms in total. The van der Waals surface area contributed by atoms with Gasteiger partial charge in [-0.2, -0.15) is 13.2 Å². The Balaban J connectivity index is 1.98. The second kappa shape index (κ2) is 9.16. The van der Waals surface area contributed by atoms with E-state index in [-0.39, 0.29) is 29.1 Å². The molecule has 1 heterocycles. The molecule has 3 aromatic carbocycles. The molecule has 34 heavy (non-hydrogen) atoms. The topological polar surface area (TPSA) is 111 Å². The summed E-state index contributed by atoms with van der Waals surface area (Å²) in [6, 6.07) is 16.1. The number of alkyl halides is 3. The van der Waals surface area contributed by atoms with Crippen LogP contribution in [0, 0.1) is 0 Å². The van der Waals surface area contributed by atoms with Crippen LogP contribution in [0.15, 0.2) is 66.7 Å². The lowest BCUT2D eigenvalue weighted by Gasteiger charge is -2.16. The maximum atomic E-state index is 13.8. The lowest BCUT2D eigenvalue weighted by molar-refractivity contribution is -0.137. The summed E-state index contributed by atoms with van der Waals surface area (Å²) >= 11 is 0. The molecule has 1 aromatic heterocycles. The summed E-state index contributed by atoms with van der Waals surface area (Å²) in [5, 5.41) is 18.5. The van der Waals surface area contributed by atoms with Crippen molar-refractivity contribution >= 4 is 16.9 Å². The number of aliphatic hydroxyl groups is 2. The van der Waals surface area contributed by atoms with E-state index in [1.54, 1.807) is 36.4 Å². The van der Waals surface area contributed by atoms with Gasteiger partial charge in [0.25, 0.3) is 5.91 Å². The fourth-order valence-corrected chi connectivity index (χ4v) is 3.62. The van der Waals surface area contributed by atoms with E-state index in [2.05, 4.69) is 4.98 Å². The standard InChI is InChI=1S/C24H20F3N3O4/c25-24(26,27)19-9-2-1-7-17(19)23-29-21-18(22(28)33)8-4-10-20(21)30(23)14-5-3-6-16(11-14)34-13-15(32)12-31/h1-11,15,31-32H,12-13H2,(H2,28,33). The second-order valence-electron chi connectivity index (χ2n) is 7.50. The van der Waals surface area contributed by atoms with Crippen molar-refractivity contribution < 1.29 is 32.9 Å². The van der Waals surface area contributed by atoms with E-state index < -0.39 is 30.4 Å². The SMILES string of the molecule is NC(=O)c1cccc2c1nc(-c1ccccc1C(F)(F)F)n2-c1cccc(OCC(O)CO)c1. The summed E-state index contributed by atoms with van der Waals surface area (Å²) in [6.07, 6.45) is -5.73. The van der Waals surface area contributed by atoms with Gasteiger partial charge < -0.3 is 20.7 Å². The van der Waals surface area contributed by atoms with Crippen LogP contribution in [0.3, 0.4) is 0 Å². The molecule has 0 saturated heterocycles. The number of aromatic nitrogens is 2. The summed E-state index contributed by atoms with van der Waals surface area (Å²) < 4.78 is 48.5. The molecule has 0 bridgehead atoms. The quantitative estimate of drug-likeness (QED) is 0.382. The Labute approximate surface area is 191 Å². The molecule has 1 atom stereocenters. The number of hydrogen-bond donors (Lipinski definition) is 3. The number of hydrogen-bond acceptors (Lipinski definition) is 5. The summed E-state index contributed by atoms with van der Waals surface area (Å²) in [4.78, 5) is 16.4. The summed E-state index contributed by atoms with van der Waals surface area (Å²) in [5.41, 5.74) is 5.43. The van der Waals surface area contributed by atoms with Crippen LogP contribution in [-0.2, 0) is 6.18 Å². The lowest BCUT2D eigenvalue weighted by Crippen LogP contribution is -2.21. The molecule has 1 amide bonds. The Morgan fingerprint density at radius 1 is 1.09 bits per heavy atom. The first-order valence-corrected chi connectivity index (χ1v) is 10.2. The van der Waals surface area contributed by atoms with Gasteiger partial charge in [-0.15, -0.1) is 0 Å². The molecule has 4 aromatic rings. The number of para-hydroxylation sites is 1. The number of halogens is 3. The molecule has 0 aliphatic rings. The fraction of sp³-hybridized carbons (Fsp3) is 0.167. The van der Waals surface area contributed by atoms with Crippen LogP contribution in [0.1, 0.15) is 15.9 Å². The van der Waals surface area contributed by atoms with Crippen molar-refractivity contribution in [3.05, 3.63) is 77.9 Å². The number of primary amides is 1. The Morgan fingerprint density at radius 3 is 2.53 bits per heavy atom. The number of nitrogens with two attached hydrogens (primary N) is 1. The zero-order valence-electron chi connectivity index (χ0n) is 17.7. The number of fused-ring (bicyclic) bond motifs is 1. The van der Waals surface area contributed by atoms with E-state index in [1.165, 1.54) is 28.8 Å². The van der Waals surface area contributed by atoms with E-state index in [4.69, 9.17) is 15.6 Å². The van der Waals surface area contributed by atoms with Gasteiger partial charge in [-0.3, -0.25) is 9.36 Å². The number of carbonyl (C=O) groups excluding carboxylic acids is 1. The van der Waals surface area contributed by atoms with Crippen LogP contribution in [0.25, 0.3) is 28.1 Å². The number of amides is 1. The summed E-state index contributed by atoms with van der Waals surface area (Å²) in [5.74, 6) is -0.488. The highest BCUT2D eigenvalue weighted by Gasteiger charge is 2.35. The first kappa shape index (κ1) is 23.3. The van der Waals surface area contributed by atoms with Gasteiger partial charge in [0.05, 0.1) is 28.9 Å². The molecule has 1 unspecified atom stereocenters. The average Bonchev–Trinajstić information content (AvgIpc) is 3.21. The molecule has 0 saturated carbocycles. The highest BCUT2D eigenvalue weighted by atomic mass is 19.4. The minimum Gasteiger partial charge on any atom is -0.491 e. The van der Waals surface area contributed by atoms with Gasteiger partial charge in [-0.25, -0.2) is 4.98 Å². The predicted molar refractivity (Wildman–Crippen MR) is 119 cm³/mol. The number of imidazole rings is 1. The molecule has 10 heteroatoms. The molecule has 0 fully saturated rings. The van der Waals surface area contributed by atoms with Gasteiger partial charge in [-0.05, 0) is 30.3 Å². The molecule has 176 valence electrons. The van der Waals surface area contributed by atoms with Crippen molar-refractivity contribution in [1.82, 2.24) is 9.55 Å². The highest BCUT2D eigenvalue weighted by Crippen LogP contribution is 2.39. The molecule has 0 radical (unpaired) electrons. The first-order chi connectivity index (χ1) is 16.2. The van der Waals surface area contributed by atoms with Gasteiger partial charge in [0, 0.05) is 11.6 Å². The maximum absolute atomic E-state index is 13.8. The number of rotatable bonds is 7. The van der Waals surface area contributed by atoms with Crippen LogP contribution in [0.4, 0.5) is 13.2 Å². The van der Waals surface area contributed by atoms with E-state index in [9.17, 15) is 23.1 Å². The third kappa shape index (κ3) is 4.45. The van der Waals surface area contributed by atoms with Crippen molar-refractivity contribution in [3.8, 4) is 22.8 Å².